The van der Waals surface area contributed by atoms with Crippen LogP contribution in [0, 0.1) is 0 Å². The standard InChI is InChI=1S/C26H19NO6S/c28-25(27-20-10-6-19(7-11-20)26(29)30)18-8-14-23(15-9-18)34(31,32)24-16-12-22(13-17-24)33-21-4-2-1-3-5-21/h1-17H,(H,27,28)(H,29,30). The maximum atomic E-state index is 13.0. The Bertz CT molecular complexity index is 1410. The number of aromatic carboxylic acids is 1. The van der Waals surface area contributed by atoms with Crippen LogP contribution in [0.1, 0.15) is 20.7 Å². The molecule has 2 N–H and O–H groups in total. The maximum absolute atomic E-state index is 13.0. The third-order valence-electron chi connectivity index (χ3n) is 4.93. The first-order chi connectivity index (χ1) is 16.3. The molecule has 0 aliphatic carbocycles. The summed E-state index contributed by atoms with van der Waals surface area (Å²) in [5.41, 5.74) is 0.782. The van der Waals surface area contributed by atoms with E-state index in [1.54, 1.807) is 24.3 Å². The number of sulfone groups is 1. The van der Waals surface area contributed by atoms with Crippen molar-refractivity contribution >= 4 is 27.4 Å². The van der Waals surface area contributed by atoms with Gasteiger partial charge in [0.25, 0.3) is 5.91 Å². The number of benzene rings is 4. The summed E-state index contributed by atoms with van der Waals surface area (Å²) in [6.45, 7) is 0. The van der Waals surface area contributed by atoms with Gasteiger partial charge in [-0.05, 0) is 84.9 Å². The number of ether oxygens (including phenoxy) is 1. The van der Waals surface area contributed by atoms with Crippen LogP contribution in [0.2, 0.25) is 0 Å². The molecule has 0 unspecified atom stereocenters. The lowest BCUT2D eigenvalue weighted by Crippen LogP contribution is -2.12. The van der Waals surface area contributed by atoms with Crippen molar-refractivity contribution in [1.82, 2.24) is 0 Å². The molecule has 0 aliphatic heterocycles. The SMILES string of the molecule is O=C(O)c1ccc(NC(=O)c2ccc(S(=O)(=O)c3ccc(Oc4ccccc4)cc3)cc2)cc1. The topological polar surface area (TPSA) is 110 Å². The minimum atomic E-state index is -3.79. The highest BCUT2D eigenvalue weighted by molar-refractivity contribution is 7.91. The van der Waals surface area contributed by atoms with E-state index in [0.717, 1.165) is 0 Å². The van der Waals surface area contributed by atoms with Crippen molar-refractivity contribution in [3.63, 3.8) is 0 Å². The minimum absolute atomic E-state index is 0.0478. The fourth-order valence-electron chi connectivity index (χ4n) is 3.13. The average Bonchev–Trinajstić information content (AvgIpc) is 2.85. The lowest BCUT2D eigenvalue weighted by Gasteiger charge is -2.09. The monoisotopic (exact) mass is 473 g/mol. The Balaban J connectivity index is 1.45. The van der Waals surface area contributed by atoms with Gasteiger partial charge in [-0.15, -0.1) is 0 Å². The van der Waals surface area contributed by atoms with Crippen molar-refractivity contribution in [2.45, 2.75) is 9.79 Å². The number of carbonyl (C=O) groups is 2. The highest BCUT2D eigenvalue weighted by atomic mass is 32.2. The quantitative estimate of drug-likeness (QED) is 0.379. The van der Waals surface area contributed by atoms with Crippen LogP contribution in [0.4, 0.5) is 5.69 Å². The lowest BCUT2D eigenvalue weighted by molar-refractivity contribution is 0.0696. The molecule has 0 spiro atoms. The van der Waals surface area contributed by atoms with Gasteiger partial charge in [0.1, 0.15) is 11.5 Å². The highest BCUT2D eigenvalue weighted by Gasteiger charge is 2.18. The van der Waals surface area contributed by atoms with Crippen molar-refractivity contribution < 1.29 is 27.9 Å². The highest BCUT2D eigenvalue weighted by Crippen LogP contribution is 2.26. The molecule has 8 heteroatoms. The first-order valence-electron chi connectivity index (χ1n) is 10.2. The second kappa shape index (κ2) is 9.60. The van der Waals surface area contributed by atoms with Gasteiger partial charge in [-0.2, -0.15) is 0 Å². The lowest BCUT2D eigenvalue weighted by atomic mass is 10.2. The first kappa shape index (κ1) is 22.8. The van der Waals surface area contributed by atoms with Gasteiger partial charge in [-0.1, -0.05) is 18.2 Å². The molecule has 0 saturated heterocycles. The van der Waals surface area contributed by atoms with E-state index in [1.165, 1.54) is 60.7 Å². The third-order valence-corrected chi connectivity index (χ3v) is 6.72. The Morgan fingerprint density at radius 1 is 0.647 bits per heavy atom. The summed E-state index contributed by atoms with van der Waals surface area (Å²) < 4.78 is 31.6. The summed E-state index contributed by atoms with van der Waals surface area (Å²) in [7, 11) is -3.79. The van der Waals surface area contributed by atoms with Gasteiger partial charge in [0.2, 0.25) is 9.84 Å². The predicted molar refractivity (Wildman–Crippen MR) is 126 cm³/mol. The van der Waals surface area contributed by atoms with Crippen LogP contribution in [-0.2, 0) is 9.84 Å². The van der Waals surface area contributed by atoms with E-state index >= 15 is 0 Å². The van der Waals surface area contributed by atoms with E-state index < -0.39 is 21.7 Å². The normalized spacial score (nSPS) is 10.9. The summed E-state index contributed by atoms with van der Waals surface area (Å²) in [6, 6.07) is 26.5. The number of carboxylic acid groups (broad SMARTS) is 1. The molecule has 0 saturated carbocycles. The number of para-hydroxylation sites is 1. The predicted octanol–water partition coefficient (Wildman–Crippen LogP) is 5.26. The molecule has 0 aromatic heterocycles. The fraction of sp³-hybridized carbons (Fsp3) is 0. The third kappa shape index (κ3) is 5.13. The second-order valence-corrected chi connectivity index (χ2v) is 9.20. The number of amides is 1. The molecule has 170 valence electrons. The van der Waals surface area contributed by atoms with Crippen LogP contribution in [-0.4, -0.2) is 25.4 Å². The molecular formula is C26H19NO6S. The molecule has 4 aromatic rings. The van der Waals surface area contributed by atoms with Gasteiger partial charge in [-0.3, -0.25) is 4.79 Å². The summed E-state index contributed by atoms with van der Waals surface area (Å²) in [5.74, 6) is -0.360. The number of anilines is 1. The molecule has 0 atom stereocenters. The number of rotatable bonds is 7. The van der Waals surface area contributed by atoms with E-state index in [1.807, 2.05) is 18.2 Å². The molecule has 7 nitrogen and oxygen atoms in total. The second-order valence-electron chi connectivity index (χ2n) is 7.25. The van der Waals surface area contributed by atoms with Gasteiger partial charge in [0.15, 0.2) is 0 Å². The zero-order chi connectivity index (χ0) is 24.1. The van der Waals surface area contributed by atoms with E-state index in [2.05, 4.69) is 5.32 Å². The van der Waals surface area contributed by atoms with E-state index in [-0.39, 0.29) is 20.9 Å². The van der Waals surface area contributed by atoms with Gasteiger partial charge < -0.3 is 15.2 Å². The molecule has 0 heterocycles. The Morgan fingerprint density at radius 3 is 1.71 bits per heavy atom. The molecule has 4 rings (SSSR count). The van der Waals surface area contributed by atoms with Gasteiger partial charge >= 0.3 is 5.97 Å². The summed E-state index contributed by atoms with van der Waals surface area (Å²) in [5, 5.41) is 11.6. The Hall–Kier alpha value is -4.43. The molecule has 1 amide bonds. The molecule has 4 aromatic carbocycles. The Kier molecular flexibility index (Phi) is 6.42. The molecule has 34 heavy (non-hydrogen) atoms. The summed E-state index contributed by atoms with van der Waals surface area (Å²) >= 11 is 0. The molecule has 0 aliphatic rings. The van der Waals surface area contributed by atoms with Crippen molar-refractivity contribution in [1.29, 1.82) is 0 Å². The largest absolute Gasteiger partial charge is 0.478 e. The van der Waals surface area contributed by atoms with E-state index in [9.17, 15) is 18.0 Å². The van der Waals surface area contributed by atoms with Crippen molar-refractivity contribution in [2.75, 3.05) is 5.32 Å². The van der Waals surface area contributed by atoms with Crippen molar-refractivity contribution in [3.05, 3.63) is 114 Å². The van der Waals surface area contributed by atoms with E-state index in [4.69, 9.17) is 9.84 Å². The van der Waals surface area contributed by atoms with Gasteiger partial charge in [0, 0.05) is 11.3 Å². The Labute approximate surface area is 196 Å². The van der Waals surface area contributed by atoms with E-state index in [0.29, 0.717) is 17.2 Å². The van der Waals surface area contributed by atoms with Gasteiger partial charge in [0.05, 0.1) is 15.4 Å². The number of carbonyl (C=O) groups excluding carboxylic acids is 1. The zero-order valence-electron chi connectivity index (χ0n) is 17.7. The van der Waals surface area contributed by atoms with Crippen LogP contribution in [0.5, 0.6) is 11.5 Å². The van der Waals surface area contributed by atoms with Crippen LogP contribution < -0.4 is 10.1 Å². The maximum Gasteiger partial charge on any atom is 0.335 e. The van der Waals surface area contributed by atoms with Crippen molar-refractivity contribution in [2.24, 2.45) is 0 Å². The first-order valence-corrected chi connectivity index (χ1v) is 11.6. The van der Waals surface area contributed by atoms with Crippen LogP contribution in [0.15, 0.2) is 113 Å². The summed E-state index contributed by atoms with van der Waals surface area (Å²) in [4.78, 5) is 23.5. The Morgan fingerprint density at radius 2 is 1.15 bits per heavy atom. The fourth-order valence-corrected chi connectivity index (χ4v) is 4.39. The molecule has 0 fully saturated rings. The number of hydrogen-bond donors (Lipinski definition) is 2. The summed E-state index contributed by atoms with van der Waals surface area (Å²) in [6.07, 6.45) is 0. The zero-order valence-corrected chi connectivity index (χ0v) is 18.5. The smallest absolute Gasteiger partial charge is 0.335 e. The number of hydrogen-bond acceptors (Lipinski definition) is 5. The number of nitrogens with one attached hydrogen (secondary N) is 1. The van der Waals surface area contributed by atoms with Gasteiger partial charge in [-0.25, -0.2) is 13.2 Å². The van der Waals surface area contributed by atoms with Crippen molar-refractivity contribution in [3.8, 4) is 11.5 Å². The van der Waals surface area contributed by atoms with Crippen LogP contribution in [0.25, 0.3) is 0 Å². The molecular weight excluding hydrogens is 454 g/mol. The molecule has 0 bridgehead atoms. The average molecular weight is 474 g/mol. The van der Waals surface area contributed by atoms with Crippen LogP contribution >= 0.6 is 0 Å². The minimum Gasteiger partial charge on any atom is -0.478 e. The van der Waals surface area contributed by atoms with Crippen LogP contribution in [0.3, 0.4) is 0 Å². The molecule has 0 radical (unpaired) electrons. The number of carboxylic acids is 1.